The fourth-order valence-electron chi connectivity index (χ4n) is 9.73. The first-order valence-electron chi connectivity index (χ1n) is 18.6. The molecule has 8 rings (SSSR count). The van der Waals surface area contributed by atoms with Crippen LogP contribution in [0.25, 0.3) is 32.6 Å². The largest absolute Gasteiger partial charge is 0.490 e. The van der Waals surface area contributed by atoms with Gasteiger partial charge in [-0.2, -0.15) is 5.10 Å². The average molecular weight is 735 g/mol. The molecule has 3 unspecified atom stereocenters. The Morgan fingerprint density at radius 1 is 1.06 bits per heavy atom. The Labute approximate surface area is 313 Å². The Morgan fingerprint density at radius 3 is 2.70 bits per heavy atom. The number of hydrogen-bond acceptors (Lipinski definition) is 8. The van der Waals surface area contributed by atoms with Gasteiger partial charge in [0.1, 0.15) is 12.4 Å². The van der Waals surface area contributed by atoms with E-state index in [1.807, 2.05) is 62.6 Å². The van der Waals surface area contributed by atoms with Crippen LogP contribution in [0.4, 0.5) is 15.6 Å². The van der Waals surface area contributed by atoms with Crippen molar-refractivity contribution in [1.29, 1.82) is 0 Å². The van der Waals surface area contributed by atoms with Crippen LogP contribution in [0.15, 0.2) is 60.8 Å². The van der Waals surface area contributed by atoms with Gasteiger partial charge >= 0.3 is 12.0 Å². The van der Waals surface area contributed by atoms with Crippen molar-refractivity contribution >= 4 is 44.4 Å². The molecule has 276 valence electrons. The van der Waals surface area contributed by atoms with E-state index in [0.717, 1.165) is 66.5 Å². The summed E-state index contributed by atoms with van der Waals surface area (Å²) in [7, 11) is 1.88. The molecule has 12 heteroatoms. The molecule has 0 radical (unpaired) electrons. The minimum Gasteiger partial charge on any atom is -0.490 e. The number of rotatable bonds is 9. The zero-order valence-electron chi connectivity index (χ0n) is 30.8. The van der Waals surface area contributed by atoms with E-state index in [4.69, 9.17) is 14.6 Å². The highest BCUT2D eigenvalue weighted by molar-refractivity contribution is 7.22. The molecule has 0 spiro atoms. The van der Waals surface area contributed by atoms with Crippen molar-refractivity contribution in [3.63, 3.8) is 0 Å². The van der Waals surface area contributed by atoms with Crippen molar-refractivity contribution in [2.75, 3.05) is 30.5 Å². The highest BCUT2D eigenvalue weighted by Gasteiger charge is 2.55. The number of carbonyl (C=O) groups is 2. The number of fused-ring (bicyclic) bond motifs is 4. The second kappa shape index (κ2) is 13.6. The van der Waals surface area contributed by atoms with Crippen LogP contribution in [0.3, 0.4) is 0 Å². The first-order valence-corrected chi connectivity index (χ1v) is 19.4. The first kappa shape index (κ1) is 35.2. The Hall–Kier alpha value is -4.81. The number of urea groups is 1. The molecule has 3 atom stereocenters. The van der Waals surface area contributed by atoms with E-state index >= 15 is 0 Å². The third-order valence-corrected chi connectivity index (χ3v) is 12.7. The summed E-state index contributed by atoms with van der Waals surface area (Å²) in [5.41, 5.74) is 4.88. The van der Waals surface area contributed by atoms with Gasteiger partial charge in [-0.1, -0.05) is 50.2 Å². The predicted octanol–water partition coefficient (Wildman–Crippen LogP) is 9.21. The second-order valence-corrected chi connectivity index (χ2v) is 16.7. The summed E-state index contributed by atoms with van der Waals surface area (Å²) >= 11 is 1.41. The van der Waals surface area contributed by atoms with E-state index < -0.39 is 5.97 Å². The number of aromatic carboxylic acids is 1. The maximum atomic E-state index is 13.5. The zero-order chi connectivity index (χ0) is 37.0. The number of aromatic nitrogens is 4. The number of carbonyl (C=O) groups excluding carboxylic acids is 1. The number of nitrogens with zero attached hydrogens (tertiary/aromatic N) is 5. The second-order valence-electron chi connectivity index (χ2n) is 15.6. The van der Waals surface area contributed by atoms with E-state index in [1.54, 1.807) is 17.2 Å². The number of carboxylic acids is 1. The maximum Gasteiger partial charge on any atom is 0.355 e. The molecule has 1 aliphatic heterocycles. The van der Waals surface area contributed by atoms with Gasteiger partial charge in [-0.3, -0.25) is 14.9 Å². The van der Waals surface area contributed by atoms with Crippen molar-refractivity contribution < 1.29 is 24.2 Å². The standard InChI is InChI=1S/C41H46N6O5S/c1-5-15-41(51-4)23-39(3)16-8-17-40(22-39,24-41)25-47-26(2)29(21-42-47)28-12-13-30(43-35(28)36(48)49)27-11-14-33-32(20-27)46(18-19-52-33)38(50)45-37-44-31-9-6-7-10-34(31)53-37/h6-7,9-14,20-21H,5,8,15-19,22-25H2,1-4H3,(H,48,49)(H,44,45,50). The van der Waals surface area contributed by atoms with Gasteiger partial charge in [0.25, 0.3) is 0 Å². The average Bonchev–Trinajstić information content (AvgIpc) is 3.72. The molecule has 2 amide bonds. The van der Waals surface area contributed by atoms with Crippen molar-refractivity contribution in [2.45, 2.75) is 84.3 Å². The molecule has 5 aromatic rings. The lowest BCUT2D eigenvalue weighted by molar-refractivity contribution is -0.152. The third kappa shape index (κ3) is 6.56. The molecule has 53 heavy (non-hydrogen) atoms. The van der Waals surface area contributed by atoms with Crippen LogP contribution in [-0.2, 0) is 11.3 Å². The maximum absolute atomic E-state index is 13.5. The summed E-state index contributed by atoms with van der Waals surface area (Å²) < 4.78 is 15.3. The molecule has 2 aliphatic carbocycles. The van der Waals surface area contributed by atoms with Gasteiger partial charge < -0.3 is 14.6 Å². The summed E-state index contributed by atoms with van der Waals surface area (Å²) in [5, 5.41) is 18.8. The number of ether oxygens (including phenoxy) is 2. The highest BCUT2D eigenvalue weighted by atomic mass is 32.1. The third-order valence-electron chi connectivity index (χ3n) is 11.7. The molecule has 2 N–H and O–H groups in total. The molecule has 11 nitrogen and oxygen atoms in total. The van der Waals surface area contributed by atoms with E-state index in [9.17, 15) is 14.7 Å². The Morgan fingerprint density at radius 2 is 1.91 bits per heavy atom. The van der Waals surface area contributed by atoms with E-state index in [1.165, 1.54) is 24.2 Å². The van der Waals surface area contributed by atoms with Crippen molar-refractivity contribution in [1.82, 2.24) is 19.7 Å². The molecular weight excluding hydrogens is 689 g/mol. The van der Waals surface area contributed by atoms with Gasteiger partial charge in [0, 0.05) is 36.0 Å². The Bertz CT molecular complexity index is 2180. The predicted molar refractivity (Wildman–Crippen MR) is 207 cm³/mol. The van der Waals surface area contributed by atoms with Crippen LogP contribution < -0.4 is 15.0 Å². The number of amides is 2. The monoisotopic (exact) mass is 734 g/mol. The normalized spacial score (nSPS) is 23.7. The van der Waals surface area contributed by atoms with Gasteiger partial charge in [-0.25, -0.2) is 19.6 Å². The fourth-order valence-corrected chi connectivity index (χ4v) is 10.6. The van der Waals surface area contributed by atoms with Crippen LogP contribution in [-0.4, -0.2) is 62.7 Å². The highest BCUT2D eigenvalue weighted by Crippen LogP contribution is 2.61. The molecule has 3 aromatic heterocycles. The van der Waals surface area contributed by atoms with Crippen LogP contribution in [0.5, 0.6) is 5.75 Å². The lowest BCUT2D eigenvalue weighted by Crippen LogP contribution is -2.53. The number of pyridine rings is 1. The molecule has 0 saturated heterocycles. The summed E-state index contributed by atoms with van der Waals surface area (Å²) in [6.07, 6.45) is 10.7. The van der Waals surface area contributed by atoms with E-state index in [2.05, 4.69) is 33.8 Å². The number of thiazole rings is 1. The van der Waals surface area contributed by atoms with Gasteiger partial charge in [0.2, 0.25) is 0 Å². The number of methoxy groups -OCH3 is 1. The number of benzene rings is 2. The van der Waals surface area contributed by atoms with Crippen molar-refractivity contribution in [3.05, 3.63) is 72.2 Å². The van der Waals surface area contributed by atoms with Crippen LogP contribution in [0.2, 0.25) is 0 Å². The molecule has 2 aromatic carbocycles. The van der Waals surface area contributed by atoms with Crippen molar-refractivity contribution in [3.8, 4) is 28.1 Å². The molecule has 4 heterocycles. The number of nitrogens with one attached hydrogen (secondary N) is 1. The van der Waals surface area contributed by atoms with Crippen LogP contribution in [0, 0.1) is 17.8 Å². The Kier molecular flexibility index (Phi) is 9.01. The molecule has 2 saturated carbocycles. The molecule has 2 bridgehead atoms. The minimum absolute atomic E-state index is 0.0491. The Balaban J connectivity index is 1.07. The van der Waals surface area contributed by atoms with Gasteiger partial charge in [-0.05, 0) is 98.7 Å². The van der Waals surface area contributed by atoms with Gasteiger partial charge in [-0.15, -0.1) is 0 Å². The fraction of sp³-hybridized carbons (Fsp3) is 0.439. The SMILES string of the molecule is CCCC1(OC)CC2(C)CCCC(Cn3ncc(-c4ccc(-c5ccc6c(c5)N(C(=O)Nc5nc7ccccc7s5)CCO6)nc4C(=O)O)c3C)(C2)C1. The summed E-state index contributed by atoms with van der Waals surface area (Å²) in [5.74, 6) is -0.559. The summed E-state index contributed by atoms with van der Waals surface area (Å²) in [6, 6.07) is 16.5. The minimum atomic E-state index is -1.12. The first-order chi connectivity index (χ1) is 25.5. The van der Waals surface area contributed by atoms with Crippen molar-refractivity contribution in [2.24, 2.45) is 10.8 Å². The zero-order valence-corrected chi connectivity index (χ0v) is 31.6. The van der Waals surface area contributed by atoms with E-state index in [-0.39, 0.29) is 28.2 Å². The van der Waals surface area contributed by atoms with E-state index in [0.29, 0.717) is 46.5 Å². The molecule has 2 fully saturated rings. The van der Waals surface area contributed by atoms with Gasteiger partial charge in [0.15, 0.2) is 10.8 Å². The summed E-state index contributed by atoms with van der Waals surface area (Å²) in [4.78, 5) is 37.2. The lowest BCUT2D eigenvalue weighted by Gasteiger charge is -2.58. The number of hydrogen-bond donors (Lipinski definition) is 2. The summed E-state index contributed by atoms with van der Waals surface area (Å²) in [6.45, 7) is 8.16. The number of anilines is 2. The van der Waals surface area contributed by atoms with Crippen LogP contribution >= 0.6 is 11.3 Å². The lowest BCUT2D eigenvalue weighted by atomic mass is 9.51. The molecule has 3 aliphatic rings. The number of para-hydroxylation sites is 1. The van der Waals surface area contributed by atoms with Crippen LogP contribution in [0.1, 0.15) is 81.4 Å². The topological polar surface area (TPSA) is 132 Å². The molecular formula is C41H46N6O5S. The number of carboxylic acid groups (broad SMARTS) is 1. The quantitative estimate of drug-likeness (QED) is 0.153. The van der Waals surface area contributed by atoms with Gasteiger partial charge in [0.05, 0.1) is 39.9 Å². The smallest absolute Gasteiger partial charge is 0.355 e.